The Bertz CT molecular complexity index is 387. The fraction of sp³-hybridized carbons (Fsp3) is 0.467. The van der Waals surface area contributed by atoms with Gasteiger partial charge in [-0.05, 0) is 36.0 Å². The summed E-state index contributed by atoms with van der Waals surface area (Å²) in [6.07, 6.45) is 4.87. The summed E-state index contributed by atoms with van der Waals surface area (Å²) < 4.78 is 5.33. The van der Waals surface area contributed by atoms with Crippen molar-refractivity contribution >= 4 is 5.69 Å². The van der Waals surface area contributed by atoms with Crippen molar-refractivity contribution in [1.82, 2.24) is 0 Å². The molecule has 0 aliphatic rings. The Morgan fingerprint density at radius 3 is 2.65 bits per heavy atom. The Morgan fingerprint density at radius 1 is 1.41 bits per heavy atom. The van der Waals surface area contributed by atoms with Crippen LogP contribution >= 0.6 is 0 Å². The van der Waals surface area contributed by atoms with Crippen LogP contribution in [-0.2, 0) is 5.41 Å². The van der Waals surface area contributed by atoms with Crippen molar-refractivity contribution in [2.45, 2.75) is 45.4 Å². The number of rotatable bonds is 6. The number of hydrogen-bond donors (Lipinski definition) is 1. The average molecular weight is 233 g/mol. The van der Waals surface area contributed by atoms with Crippen LogP contribution < -0.4 is 10.5 Å². The van der Waals surface area contributed by atoms with E-state index >= 15 is 0 Å². The minimum Gasteiger partial charge on any atom is -0.463 e. The highest BCUT2D eigenvalue weighted by Gasteiger charge is 2.24. The van der Waals surface area contributed by atoms with Crippen LogP contribution in [0.25, 0.3) is 0 Å². The summed E-state index contributed by atoms with van der Waals surface area (Å²) >= 11 is 0. The van der Waals surface area contributed by atoms with Crippen molar-refractivity contribution in [2.24, 2.45) is 0 Å². The van der Waals surface area contributed by atoms with Crippen molar-refractivity contribution in [3.63, 3.8) is 0 Å². The van der Waals surface area contributed by atoms with Crippen LogP contribution in [0.2, 0.25) is 0 Å². The second-order valence-corrected chi connectivity index (χ2v) is 4.70. The van der Waals surface area contributed by atoms with Gasteiger partial charge < -0.3 is 10.5 Å². The molecule has 0 amide bonds. The first kappa shape index (κ1) is 13.6. The van der Waals surface area contributed by atoms with Crippen molar-refractivity contribution in [1.29, 1.82) is 0 Å². The van der Waals surface area contributed by atoms with Gasteiger partial charge in [0.25, 0.3) is 0 Å². The van der Waals surface area contributed by atoms with Gasteiger partial charge in [-0.1, -0.05) is 39.8 Å². The van der Waals surface area contributed by atoms with Gasteiger partial charge in [0.05, 0.1) is 11.9 Å². The van der Waals surface area contributed by atoms with Crippen LogP contribution in [0.1, 0.15) is 45.6 Å². The molecule has 0 bridgehead atoms. The third kappa shape index (κ3) is 3.02. The summed E-state index contributed by atoms with van der Waals surface area (Å²) in [4.78, 5) is 0. The number of hydrogen-bond acceptors (Lipinski definition) is 2. The molecule has 2 nitrogen and oxygen atoms in total. The molecule has 0 radical (unpaired) electrons. The number of ether oxygens (including phenoxy) is 1. The van der Waals surface area contributed by atoms with Gasteiger partial charge in [-0.15, -0.1) is 0 Å². The third-order valence-corrected chi connectivity index (χ3v) is 3.50. The van der Waals surface area contributed by atoms with Gasteiger partial charge in [-0.25, -0.2) is 0 Å². The third-order valence-electron chi connectivity index (χ3n) is 3.50. The normalized spacial score (nSPS) is 14.1. The molecule has 1 aromatic rings. The molecule has 1 unspecified atom stereocenters. The highest BCUT2D eigenvalue weighted by atomic mass is 16.5. The second kappa shape index (κ2) is 5.76. The second-order valence-electron chi connectivity index (χ2n) is 4.70. The van der Waals surface area contributed by atoms with E-state index in [-0.39, 0.29) is 5.41 Å². The van der Waals surface area contributed by atoms with Gasteiger partial charge in [-0.2, -0.15) is 0 Å². The molecule has 0 aliphatic carbocycles. The predicted molar refractivity (Wildman–Crippen MR) is 74.2 cm³/mol. The number of benzene rings is 1. The monoisotopic (exact) mass is 233 g/mol. The molecule has 17 heavy (non-hydrogen) atoms. The van der Waals surface area contributed by atoms with Gasteiger partial charge in [0, 0.05) is 0 Å². The summed E-state index contributed by atoms with van der Waals surface area (Å²) in [7, 11) is 0. The molecule has 0 saturated carbocycles. The summed E-state index contributed by atoms with van der Waals surface area (Å²) in [5.41, 5.74) is 8.00. The lowest BCUT2D eigenvalue weighted by molar-refractivity contribution is 0.410. The van der Waals surface area contributed by atoms with E-state index < -0.39 is 0 Å². The zero-order chi connectivity index (χ0) is 12.9. The Labute approximate surface area is 104 Å². The maximum absolute atomic E-state index is 5.86. The van der Waals surface area contributed by atoms with Crippen molar-refractivity contribution in [3.05, 3.63) is 36.6 Å². The van der Waals surface area contributed by atoms with Gasteiger partial charge in [0.2, 0.25) is 0 Å². The van der Waals surface area contributed by atoms with E-state index in [1.54, 1.807) is 0 Å². The molecule has 1 rings (SSSR count). The molecule has 94 valence electrons. The summed E-state index contributed by atoms with van der Waals surface area (Å²) in [5, 5.41) is 0. The Balaban J connectivity index is 3.12. The van der Waals surface area contributed by atoms with Crippen molar-refractivity contribution in [3.8, 4) is 5.75 Å². The van der Waals surface area contributed by atoms with Crippen LogP contribution in [0.15, 0.2) is 31.0 Å². The zero-order valence-corrected chi connectivity index (χ0v) is 11.1. The summed E-state index contributed by atoms with van der Waals surface area (Å²) in [5.74, 6) is 0.702. The lowest BCUT2D eigenvalue weighted by Crippen LogP contribution is -2.20. The van der Waals surface area contributed by atoms with Crippen LogP contribution in [0.4, 0.5) is 5.69 Å². The van der Waals surface area contributed by atoms with Crippen molar-refractivity contribution < 1.29 is 4.74 Å². The average Bonchev–Trinajstić information content (AvgIpc) is 2.32. The largest absolute Gasteiger partial charge is 0.463 e. The van der Waals surface area contributed by atoms with Crippen LogP contribution in [-0.4, -0.2) is 0 Å². The van der Waals surface area contributed by atoms with E-state index in [0.717, 1.165) is 6.42 Å². The van der Waals surface area contributed by atoms with E-state index in [1.807, 2.05) is 12.1 Å². The summed E-state index contributed by atoms with van der Waals surface area (Å²) in [6, 6.07) is 6.05. The molecule has 0 fully saturated rings. The fourth-order valence-electron chi connectivity index (χ4n) is 2.18. The molecule has 0 aromatic heterocycles. The van der Waals surface area contributed by atoms with E-state index in [9.17, 15) is 0 Å². The Morgan fingerprint density at radius 2 is 2.12 bits per heavy atom. The maximum atomic E-state index is 5.86. The molecular weight excluding hydrogens is 210 g/mol. The van der Waals surface area contributed by atoms with E-state index in [2.05, 4.69) is 33.4 Å². The molecule has 2 heteroatoms. The lowest BCUT2D eigenvalue weighted by Gasteiger charge is -2.29. The molecular formula is C15H23NO. The number of nitrogen functional groups attached to an aromatic ring is 1. The molecule has 1 atom stereocenters. The van der Waals surface area contributed by atoms with E-state index in [0.29, 0.717) is 11.4 Å². The zero-order valence-electron chi connectivity index (χ0n) is 11.1. The minimum absolute atomic E-state index is 0.196. The van der Waals surface area contributed by atoms with Gasteiger partial charge in [0.1, 0.15) is 5.75 Å². The first-order chi connectivity index (χ1) is 8.07. The maximum Gasteiger partial charge on any atom is 0.149 e. The fourth-order valence-corrected chi connectivity index (χ4v) is 2.18. The number of anilines is 1. The Kier molecular flexibility index (Phi) is 4.62. The van der Waals surface area contributed by atoms with E-state index in [1.165, 1.54) is 24.7 Å². The first-order valence-corrected chi connectivity index (χ1v) is 6.25. The lowest BCUT2D eigenvalue weighted by atomic mass is 9.76. The smallest absolute Gasteiger partial charge is 0.149 e. The highest BCUT2D eigenvalue weighted by molar-refractivity contribution is 5.55. The quantitative estimate of drug-likeness (QED) is 0.588. The van der Waals surface area contributed by atoms with Gasteiger partial charge >= 0.3 is 0 Å². The summed E-state index contributed by atoms with van der Waals surface area (Å²) in [6.45, 7) is 10.3. The number of nitrogens with two attached hydrogens (primary N) is 1. The standard InChI is InChI=1S/C15H23NO/c1-5-10-15(4,6-2)12-8-9-13(16)14(11-12)17-7-3/h7-9,11H,3,5-6,10,16H2,1-2,4H3. The SMILES string of the molecule is C=COc1cc(C(C)(CC)CCC)ccc1N. The van der Waals surface area contributed by atoms with Crippen LogP contribution in [0.5, 0.6) is 5.75 Å². The molecule has 0 saturated heterocycles. The van der Waals surface area contributed by atoms with Gasteiger partial charge in [0.15, 0.2) is 0 Å². The molecule has 0 aliphatic heterocycles. The van der Waals surface area contributed by atoms with Crippen LogP contribution in [0.3, 0.4) is 0 Å². The van der Waals surface area contributed by atoms with E-state index in [4.69, 9.17) is 10.5 Å². The first-order valence-electron chi connectivity index (χ1n) is 6.25. The molecule has 1 aromatic carbocycles. The molecule has 0 spiro atoms. The molecule has 2 N–H and O–H groups in total. The molecule has 0 heterocycles. The minimum atomic E-state index is 0.196. The predicted octanol–water partition coefficient (Wildman–Crippen LogP) is 4.26. The van der Waals surface area contributed by atoms with Crippen molar-refractivity contribution in [2.75, 3.05) is 5.73 Å². The topological polar surface area (TPSA) is 35.2 Å². The highest BCUT2D eigenvalue weighted by Crippen LogP contribution is 2.36. The van der Waals surface area contributed by atoms with Crippen LogP contribution in [0, 0.1) is 0 Å². The Hall–Kier alpha value is -1.44. The van der Waals surface area contributed by atoms with Gasteiger partial charge in [-0.3, -0.25) is 0 Å².